The quantitative estimate of drug-likeness (QED) is 0.147. The molecule has 5 N–H and O–H groups in total. The molecule has 1 atom stereocenters. The first-order valence-electron chi connectivity index (χ1n) is 10.1. The second-order valence-corrected chi connectivity index (χ2v) is 7.11. The number of aromatic nitrogens is 2. The fourth-order valence-electron chi connectivity index (χ4n) is 2.72. The molecule has 11 nitrogen and oxygen atoms in total. The van der Waals surface area contributed by atoms with Crippen molar-refractivity contribution in [2.75, 3.05) is 25.0 Å². The minimum absolute atomic E-state index is 0.0829. The first kappa shape index (κ1) is 24.4. The number of carbonyl (C=O) groups excluding carboxylic acids is 4. The van der Waals surface area contributed by atoms with Crippen molar-refractivity contribution in [3.63, 3.8) is 0 Å². The summed E-state index contributed by atoms with van der Waals surface area (Å²) < 4.78 is 4.89. The van der Waals surface area contributed by atoms with E-state index in [4.69, 9.17) is 4.74 Å². The Hall–Kier alpha value is -3.89. The number of carbonyl (C=O) groups is 4. The number of imidazole rings is 1. The van der Waals surface area contributed by atoms with Crippen LogP contribution in [0.2, 0.25) is 0 Å². The summed E-state index contributed by atoms with van der Waals surface area (Å²) in [6.45, 7) is 6.98. The molecule has 0 aliphatic carbocycles. The minimum Gasteiger partial charge on any atom is -0.460 e. The molecule has 2 aromatic rings. The monoisotopic (exact) mass is 445 g/mol. The zero-order valence-corrected chi connectivity index (χ0v) is 18.0. The molecule has 1 aromatic heterocycles. The molecule has 0 aliphatic rings. The van der Waals surface area contributed by atoms with Crippen LogP contribution in [0.3, 0.4) is 0 Å². The van der Waals surface area contributed by atoms with E-state index in [9.17, 15) is 24.0 Å². The molecule has 0 radical (unpaired) electrons. The summed E-state index contributed by atoms with van der Waals surface area (Å²) in [5, 5.41) is 7.53. The van der Waals surface area contributed by atoms with Gasteiger partial charge in [-0.15, -0.1) is 0 Å². The highest BCUT2D eigenvalue weighted by atomic mass is 16.5. The molecule has 172 valence electrons. The van der Waals surface area contributed by atoms with Gasteiger partial charge in [-0.05, 0) is 31.5 Å². The van der Waals surface area contributed by atoms with Gasteiger partial charge >= 0.3 is 11.7 Å². The van der Waals surface area contributed by atoms with E-state index >= 15 is 0 Å². The lowest BCUT2D eigenvalue weighted by molar-refractivity contribution is -0.143. The summed E-state index contributed by atoms with van der Waals surface area (Å²) in [5.41, 5.74) is 1.12. The van der Waals surface area contributed by atoms with Crippen LogP contribution >= 0.6 is 0 Å². The second-order valence-electron chi connectivity index (χ2n) is 7.11. The fraction of sp³-hybridized carbons (Fsp3) is 0.381. The van der Waals surface area contributed by atoms with E-state index in [1.54, 1.807) is 6.07 Å². The SMILES string of the molecule is C=C(C)C(=O)OCCNC(=O)C(C(=O)NCCCC)C(=O)Nc1ccc2[nH]c(=O)[nH]c2c1. The molecule has 0 spiro atoms. The number of benzene rings is 1. The van der Waals surface area contributed by atoms with Crippen molar-refractivity contribution in [1.82, 2.24) is 20.6 Å². The number of aromatic amines is 2. The predicted octanol–water partition coefficient (Wildman–Crippen LogP) is 0.563. The summed E-state index contributed by atoms with van der Waals surface area (Å²) in [7, 11) is 0. The van der Waals surface area contributed by atoms with Gasteiger partial charge in [0.1, 0.15) is 6.61 Å². The molecule has 11 heteroatoms. The van der Waals surface area contributed by atoms with Crippen LogP contribution in [0.15, 0.2) is 35.1 Å². The maximum absolute atomic E-state index is 12.8. The van der Waals surface area contributed by atoms with Gasteiger partial charge < -0.3 is 30.7 Å². The first-order valence-corrected chi connectivity index (χ1v) is 10.1. The number of unbranched alkanes of at least 4 members (excludes halogenated alkanes) is 1. The average Bonchev–Trinajstić information content (AvgIpc) is 3.10. The minimum atomic E-state index is -1.66. The van der Waals surface area contributed by atoms with Gasteiger partial charge in [0.15, 0.2) is 5.92 Å². The Morgan fingerprint density at radius 3 is 2.34 bits per heavy atom. The molecule has 32 heavy (non-hydrogen) atoms. The first-order chi connectivity index (χ1) is 15.2. The Kier molecular flexibility index (Phi) is 8.75. The molecule has 0 aliphatic heterocycles. The molecule has 1 unspecified atom stereocenters. The van der Waals surface area contributed by atoms with Gasteiger partial charge in [-0.1, -0.05) is 19.9 Å². The van der Waals surface area contributed by atoms with Crippen LogP contribution in [0.5, 0.6) is 0 Å². The van der Waals surface area contributed by atoms with Crippen LogP contribution < -0.4 is 21.6 Å². The number of amides is 3. The maximum Gasteiger partial charge on any atom is 0.333 e. The third-order valence-electron chi connectivity index (χ3n) is 4.38. The van der Waals surface area contributed by atoms with E-state index in [1.165, 1.54) is 19.1 Å². The van der Waals surface area contributed by atoms with Crippen LogP contribution in [-0.2, 0) is 23.9 Å². The number of rotatable bonds is 11. The van der Waals surface area contributed by atoms with Crippen LogP contribution in [-0.4, -0.2) is 53.4 Å². The highest BCUT2D eigenvalue weighted by Crippen LogP contribution is 2.15. The van der Waals surface area contributed by atoms with Gasteiger partial charge in [-0.3, -0.25) is 14.4 Å². The summed E-state index contributed by atoms with van der Waals surface area (Å²) in [5.74, 6) is -4.69. The van der Waals surface area contributed by atoms with E-state index in [0.29, 0.717) is 29.7 Å². The highest BCUT2D eigenvalue weighted by Gasteiger charge is 2.34. The average molecular weight is 445 g/mol. The van der Waals surface area contributed by atoms with E-state index < -0.39 is 35.3 Å². The smallest absolute Gasteiger partial charge is 0.333 e. The normalized spacial score (nSPS) is 11.4. The second kappa shape index (κ2) is 11.5. The summed E-state index contributed by atoms with van der Waals surface area (Å²) in [6, 6.07) is 4.62. The van der Waals surface area contributed by atoms with Crippen molar-refractivity contribution in [2.24, 2.45) is 5.92 Å². The van der Waals surface area contributed by atoms with Gasteiger partial charge in [0.25, 0.3) is 0 Å². The van der Waals surface area contributed by atoms with Gasteiger partial charge in [0, 0.05) is 17.8 Å². The Morgan fingerprint density at radius 1 is 1.03 bits per heavy atom. The lowest BCUT2D eigenvalue weighted by atomic mass is 10.1. The molecule has 0 saturated carbocycles. The zero-order chi connectivity index (χ0) is 23.7. The topological polar surface area (TPSA) is 162 Å². The van der Waals surface area contributed by atoms with Gasteiger partial charge in [0.2, 0.25) is 17.7 Å². The van der Waals surface area contributed by atoms with Crippen LogP contribution in [0.25, 0.3) is 11.0 Å². The third-order valence-corrected chi connectivity index (χ3v) is 4.38. The zero-order valence-electron chi connectivity index (χ0n) is 18.0. The molecule has 2 rings (SSSR count). The number of nitrogens with one attached hydrogen (secondary N) is 5. The van der Waals surface area contributed by atoms with Crippen LogP contribution in [0.4, 0.5) is 5.69 Å². The lowest BCUT2D eigenvalue weighted by Gasteiger charge is -2.17. The van der Waals surface area contributed by atoms with Gasteiger partial charge in [-0.25, -0.2) is 9.59 Å². The van der Waals surface area contributed by atoms with Crippen molar-refractivity contribution in [1.29, 1.82) is 0 Å². The number of hydrogen-bond donors (Lipinski definition) is 5. The Bertz CT molecular complexity index is 1070. The van der Waals surface area contributed by atoms with Gasteiger partial charge in [0.05, 0.1) is 17.6 Å². The molecule has 0 fully saturated rings. The summed E-state index contributed by atoms with van der Waals surface area (Å²) in [4.78, 5) is 65.9. The van der Waals surface area contributed by atoms with E-state index in [2.05, 4.69) is 32.5 Å². The van der Waals surface area contributed by atoms with E-state index in [-0.39, 0.29) is 18.7 Å². The largest absolute Gasteiger partial charge is 0.460 e. The molecule has 3 amide bonds. The van der Waals surface area contributed by atoms with E-state index in [1.807, 2.05) is 6.92 Å². The number of esters is 1. The Balaban J connectivity index is 2.07. The standard InChI is InChI=1S/C21H27N5O6/c1-4-5-8-22-17(27)16(18(28)23-9-10-32-20(30)12(2)3)19(29)24-13-6-7-14-15(11-13)26-21(31)25-14/h6-7,11,16H,2,4-5,8-10H2,1,3H3,(H,22,27)(H,23,28)(H,24,29)(H2,25,26,31). The Morgan fingerprint density at radius 2 is 1.69 bits per heavy atom. The van der Waals surface area contributed by atoms with E-state index in [0.717, 1.165) is 6.42 Å². The van der Waals surface area contributed by atoms with Crippen LogP contribution in [0, 0.1) is 5.92 Å². The molecular weight excluding hydrogens is 418 g/mol. The molecule has 1 heterocycles. The molecule has 0 bridgehead atoms. The predicted molar refractivity (Wildman–Crippen MR) is 118 cm³/mol. The van der Waals surface area contributed by atoms with Crippen molar-refractivity contribution < 1.29 is 23.9 Å². The molecule has 0 saturated heterocycles. The molecular formula is C21H27N5O6. The summed E-state index contributed by atoms with van der Waals surface area (Å²) in [6.07, 6.45) is 1.52. The maximum atomic E-state index is 12.8. The Labute approximate surface area is 184 Å². The molecule has 1 aromatic carbocycles. The number of anilines is 1. The fourth-order valence-corrected chi connectivity index (χ4v) is 2.72. The van der Waals surface area contributed by atoms with Gasteiger partial charge in [-0.2, -0.15) is 0 Å². The number of fused-ring (bicyclic) bond motifs is 1. The van der Waals surface area contributed by atoms with Crippen molar-refractivity contribution >= 4 is 40.4 Å². The highest BCUT2D eigenvalue weighted by molar-refractivity contribution is 6.20. The van der Waals surface area contributed by atoms with Crippen molar-refractivity contribution in [3.05, 3.63) is 40.8 Å². The number of hydrogen-bond acceptors (Lipinski definition) is 6. The number of ether oxygens (including phenoxy) is 1. The third kappa shape index (κ3) is 6.83. The van der Waals surface area contributed by atoms with Crippen LogP contribution in [0.1, 0.15) is 26.7 Å². The number of H-pyrrole nitrogens is 2. The summed E-state index contributed by atoms with van der Waals surface area (Å²) >= 11 is 0. The lowest BCUT2D eigenvalue weighted by Crippen LogP contribution is -2.48. The van der Waals surface area contributed by atoms with Crippen molar-refractivity contribution in [2.45, 2.75) is 26.7 Å². The van der Waals surface area contributed by atoms with Crippen molar-refractivity contribution in [3.8, 4) is 0 Å².